The molecule has 2 aromatic carbocycles. The number of hydrogen-bond acceptors (Lipinski definition) is 5. The van der Waals surface area contributed by atoms with Crippen LogP contribution in [0.3, 0.4) is 0 Å². The number of nitrogens with one attached hydrogen (secondary N) is 2. The van der Waals surface area contributed by atoms with E-state index in [0.29, 0.717) is 19.0 Å². The van der Waals surface area contributed by atoms with Gasteiger partial charge in [0, 0.05) is 29.2 Å². The van der Waals surface area contributed by atoms with Crippen molar-refractivity contribution in [3.63, 3.8) is 0 Å². The Bertz CT molecular complexity index is 809. The van der Waals surface area contributed by atoms with Crippen molar-refractivity contribution in [2.24, 2.45) is 0 Å². The van der Waals surface area contributed by atoms with E-state index in [9.17, 15) is 0 Å². The van der Waals surface area contributed by atoms with Crippen LogP contribution in [0.5, 0.6) is 0 Å². The number of aliphatic hydroxyl groups is 1. The lowest BCUT2D eigenvalue weighted by atomic mass is 10.1. The Labute approximate surface area is 155 Å². The molecule has 0 amide bonds. The molecule has 3 aromatic rings. The van der Waals surface area contributed by atoms with Crippen molar-refractivity contribution in [3.05, 3.63) is 70.7 Å². The largest absolute Gasteiger partial charge is 0.395 e. The molecule has 0 atom stereocenters. The lowest BCUT2D eigenvalue weighted by Gasteiger charge is -2.11. The van der Waals surface area contributed by atoms with E-state index in [0.717, 1.165) is 27.1 Å². The first-order valence-corrected chi connectivity index (χ1v) is 8.81. The summed E-state index contributed by atoms with van der Waals surface area (Å²) in [5.74, 6) is 1.23. The van der Waals surface area contributed by atoms with Gasteiger partial charge in [0.15, 0.2) is 0 Å². The molecule has 3 N–H and O–H groups in total. The van der Waals surface area contributed by atoms with Crippen LogP contribution in [-0.4, -0.2) is 28.2 Å². The number of halogens is 1. The first-order valence-electron chi connectivity index (χ1n) is 8.02. The maximum atomic E-state index is 9.02. The summed E-state index contributed by atoms with van der Waals surface area (Å²) in [7, 11) is 0. The zero-order chi connectivity index (χ0) is 17.5. The first-order chi connectivity index (χ1) is 12.2. The quantitative estimate of drug-likeness (QED) is 0.562. The fraction of sp³-hybridized carbons (Fsp3) is 0.158. The number of aromatic nitrogens is 2. The van der Waals surface area contributed by atoms with E-state index < -0.39 is 0 Å². The fourth-order valence-electron chi connectivity index (χ4n) is 2.34. The molecule has 3 rings (SSSR count). The van der Waals surface area contributed by atoms with Crippen LogP contribution in [0.25, 0.3) is 11.3 Å². The average Bonchev–Trinajstić information content (AvgIpc) is 2.66. The second-order valence-corrected chi connectivity index (χ2v) is 6.37. The Kier molecular flexibility index (Phi) is 5.98. The maximum absolute atomic E-state index is 9.02. The summed E-state index contributed by atoms with van der Waals surface area (Å²) in [6, 6.07) is 20.0. The minimum absolute atomic E-state index is 0.0284. The van der Waals surface area contributed by atoms with Crippen molar-refractivity contribution in [1.29, 1.82) is 0 Å². The zero-order valence-corrected chi connectivity index (χ0v) is 15.2. The van der Waals surface area contributed by atoms with Gasteiger partial charge in [0.05, 0.1) is 12.3 Å². The molecule has 0 radical (unpaired) electrons. The molecule has 0 aliphatic heterocycles. The third-order valence-corrected chi connectivity index (χ3v) is 4.11. The monoisotopic (exact) mass is 398 g/mol. The minimum Gasteiger partial charge on any atom is -0.395 e. The van der Waals surface area contributed by atoms with Crippen LogP contribution in [0, 0.1) is 0 Å². The van der Waals surface area contributed by atoms with Crippen LogP contribution >= 0.6 is 15.9 Å². The third-order valence-electron chi connectivity index (χ3n) is 3.58. The molecule has 5 nitrogen and oxygen atoms in total. The van der Waals surface area contributed by atoms with Crippen molar-refractivity contribution in [3.8, 4) is 11.3 Å². The van der Waals surface area contributed by atoms with Gasteiger partial charge < -0.3 is 15.7 Å². The van der Waals surface area contributed by atoms with Gasteiger partial charge in [-0.3, -0.25) is 0 Å². The zero-order valence-electron chi connectivity index (χ0n) is 13.6. The predicted octanol–water partition coefficient (Wildman–Crippen LogP) is 3.92. The predicted molar refractivity (Wildman–Crippen MR) is 105 cm³/mol. The van der Waals surface area contributed by atoms with E-state index in [1.807, 2.05) is 48.5 Å². The summed E-state index contributed by atoms with van der Waals surface area (Å²) in [5.41, 5.74) is 3.01. The van der Waals surface area contributed by atoms with Gasteiger partial charge in [-0.2, -0.15) is 4.98 Å². The summed E-state index contributed by atoms with van der Waals surface area (Å²) in [5, 5.41) is 15.4. The third kappa shape index (κ3) is 5.01. The molecule has 128 valence electrons. The van der Waals surface area contributed by atoms with Crippen LogP contribution in [0.1, 0.15) is 5.56 Å². The van der Waals surface area contributed by atoms with E-state index in [4.69, 9.17) is 5.11 Å². The second kappa shape index (κ2) is 8.60. The fourth-order valence-corrected chi connectivity index (χ4v) is 2.60. The number of benzene rings is 2. The van der Waals surface area contributed by atoms with Crippen LogP contribution in [0.15, 0.2) is 65.1 Å². The van der Waals surface area contributed by atoms with Crippen molar-refractivity contribution in [2.75, 3.05) is 23.8 Å². The van der Waals surface area contributed by atoms with Crippen LogP contribution in [-0.2, 0) is 6.54 Å². The maximum Gasteiger partial charge on any atom is 0.225 e. The Hall–Kier alpha value is -2.44. The molecule has 6 heteroatoms. The Morgan fingerprint density at radius 1 is 0.920 bits per heavy atom. The highest BCUT2D eigenvalue weighted by Crippen LogP contribution is 2.21. The molecule has 1 heterocycles. The van der Waals surface area contributed by atoms with Gasteiger partial charge in [-0.25, -0.2) is 4.98 Å². The smallest absolute Gasteiger partial charge is 0.225 e. The molecule has 0 saturated carbocycles. The highest BCUT2D eigenvalue weighted by Gasteiger charge is 2.06. The highest BCUT2D eigenvalue weighted by atomic mass is 79.9. The van der Waals surface area contributed by atoms with Gasteiger partial charge in [0.1, 0.15) is 5.82 Å². The van der Waals surface area contributed by atoms with E-state index in [2.05, 4.69) is 48.7 Å². The Morgan fingerprint density at radius 3 is 2.40 bits per heavy atom. The summed E-state index contributed by atoms with van der Waals surface area (Å²) in [6.45, 7) is 1.10. The standard InChI is InChI=1S/C19H19BrN4O/c20-16-8-6-14(7-9-16)13-22-18-12-17(15-4-2-1-3-5-15)23-19(24-18)21-10-11-25/h1-9,12,25H,10-11,13H2,(H2,21,22,23,24). The summed E-state index contributed by atoms with van der Waals surface area (Å²) in [6.07, 6.45) is 0. The van der Waals surface area contributed by atoms with Gasteiger partial charge >= 0.3 is 0 Å². The van der Waals surface area contributed by atoms with E-state index in [-0.39, 0.29) is 6.61 Å². The number of hydrogen-bond donors (Lipinski definition) is 3. The van der Waals surface area contributed by atoms with Gasteiger partial charge in [-0.1, -0.05) is 58.4 Å². The normalized spacial score (nSPS) is 10.5. The Balaban J connectivity index is 1.82. The van der Waals surface area contributed by atoms with Gasteiger partial charge in [0.25, 0.3) is 0 Å². The van der Waals surface area contributed by atoms with Crippen molar-refractivity contribution in [2.45, 2.75) is 6.54 Å². The molecule has 0 fully saturated rings. The van der Waals surface area contributed by atoms with Crippen molar-refractivity contribution < 1.29 is 5.11 Å². The molecule has 25 heavy (non-hydrogen) atoms. The molecular weight excluding hydrogens is 380 g/mol. The molecular formula is C19H19BrN4O. The average molecular weight is 399 g/mol. The van der Waals surface area contributed by atoms with Crippen molar-refractivity contribution in [1.82, 2.24) is 9.97 Å². The minimum atomic E-state index is 0.0284. The van der Waals surface area contributed by atoms with Gasteiger partial charge in [0.2, 0.25) is 5.95 Å². The molecule has 1 aromatic heterocycles. The molecule has 0 aliphatic rings. The van der Waals surface area contributed by atoms with E-state index in [1.165, 1.54) is 0 Å². The SMILES string of the molecule is OCCNc1nc(NCc2ccc(Br)cc2)cc(-c2ccccc2)n1. The number of anilines is 2. The van der Waals surface area contributed by atoms with E-state index in [1.54, 1.807) is 0 Å². The lowest BCUT2D eigenvalue weighted by molar-refractivity contribution is 0.311. The van der Waals surface area contributed by atoms with Gasteiger partial charge in [-0.15, -0.1) is 0 Å². The summed E-state index contributed by atoms with van der Waals surface area (Å²) >= 11 is 3.44. The molecule has 0 bridgehead atoms. The molecule has 0 unspecified atom stereocenters. The number of aliphatic hydroxyl groups excluding tert-OH is 1. The Morgan fingerprint density at radius 2 is 1.68 bits per heavy atom. The lowest BCUT2D eigenvalue weighted by Crippen LogP contribution is -2.11. The van der Waals surface area contributed by atoms with Crippen molar-refractivity contribution >= 4 is 27.7 Å². The number of nitrogens with zero attached hydrogens (tertiary/aromatic N) is 2. The molecule has 0 aliphatic carbocycles. The topological polar surface area (TPSA) is 70.1 Å². The highest BCUT2D eigenvalue weighted by molar-refractivity contribution is 9.10. The molecule has 0 spiro atoms. The van der Waals surface area contributed by atoms with Gasteiger partial charge in [-0.05, 0) is 17.7 Å². The second-order valence-electron chi connectivity index (χ2n) is 5.46. The summed E-state index contributed by atoms with van der Waals surface area (Å²) in [4.78, 5) is 9.00. The van der Waals surface area contributed by atoms with Crippen LogP contribution in [0.4, 0.5) is 11.8 Å². The van der Waals surface area contributed by atoms with E-state index >= 15 is 0 Å². The number of rotatable bonds is 7. The molecule has 0 saturated heterocycles. The first kappa shape index (κ1) is 17.4. The summed E-state index contributed by atoms with van der Waals surface area (Å²) < 4.78 is 1.06. The van der Waals surface area contributed by atoms with Crippen LogP contribution < -0.4 is 10.6 Å². The van der Waals surface area contributed by atoms with Crippen LogP contribution in [0.2, 0.25) is 0 Å².